The number of anilines is 2. The third-order valence-corrected chi connectivity index (χ3v) is 6.63. The number of pyridine rings is 1. The second kappa shape index (κ2) is 9.77. The van der Waals surface area contributed by atoms with E-state index in [1.807, 2.05) is 38.2 Å². The summed E-state index contributed by atoms with van der Waals surface area (Å²) < 4.78 is 42.8. The standard InChI is InChI=1S/C26H27F2N7O3/c1-15-18(13-33(3)31-15)19-8-20-16(10-30-19)11-35(25-23(27)21(37-4)9-22(38-5)24(25)28)26(36)34(20)12-17-6-7-29-14-32(17)2/h6-10,13H,11-12,14H2,1-5H3. The molecule has 10 nitrogen and oxygen atoms in total. The Labute approximate surface area is 218 Å². The fourth-order valence-corrected chi connectivity index (χ4v) is 4.63. The van der Waals surface area contributed by atoms with Crippen molar-refractivity contribution in [3.63, 3.8) is 0 Å². The molecule has 0 aliphatic carbocycles. The van der Waals surface area contributed by atoms with Gasteiger partial charge in [0.1, 0.15) is 12.4 Å². The maximum atomic E-state index is 15.5. The molecule has 0 saturated heterocycles. The number of urea groups is 1. The first-order chi connectivity index (χ1) is 18.2. The molecule has 0 atom stereocenters. The third-order valence-electron chi connectivity index (χ3n) is 6.63. The lowest BCUT2D eigenvalue weighted by Crippen LogP contribution is -2.50. The number of benzene rings is 1. The minimum absolute atomic E-state index is 0.107. The monoisotopic (exact) mass is 523 g/mol. The summed E-state index contributed by atoms with van der Waals surface area (Å²) in [6, 6.07) is 2.31. The van der Waals surface area contributed by atoms with Gasteiger partial charge in [0.15, 0.2) is 23.1 Å². The van der Waals surface area contributed by atoms with Gasteiger partial charge in [0.2, 0.25) is 0 Å². The molecule has 5 rings (SSSR count). The third kappa shape index (κ3) is 4.21. The fourth-order valence-electron chi connectivity index (χ4n) is 4.63. The number of rotatable bonds is 6. The topological polar surface area (TPSA) is 88.3 Å². The van der Waals surface area contributed by atoms with Crippen molar-refractivity contribution >= 4 is 23.6 Å². The van der Waals surface area contributed by atoms with Crippen LogP contribution in [0.1, 0.15) is 11.3 Å². The molecule has 0 saturated carbocycles. The van der Waals surface area contributed by atoms with Crippen LogP contribution in [0.5, 0.6) is 11.5 Å². The molecule has 0 N–H and O–H groups in total. The Kier molecular flexibility index (Phi) is 6.47. The number of amides is 2. The number of allylic oxidation sites excluding steroid dienone is 1. The summed E-state index contributed by atoms with van der Waals surface area (Å²) in [7, 11) is 6.20. The van der Waals surface area contributed by atoms with Gasteiger partial charge in [-0.25, -0.2) is 13.6 Å². The molecule has 2 aliphatic rings. The van der Waals surface area contributed by atoms with Crippen LogP contribution in [0.3, 0.4) is 0 Å². The molecule has 3 aromatic rings. The predicted molar refractivity (Wildman–Crippen MR) is 139 cm³/mol. The predicted octanol–water partition coefficient (Wildman–Crippen LogP) is 3.89. The number of methoxy groups -OCH3 is 2. The minimum Gasteiger partial charge on any atom is -0.493 e. The summed E-state index contributed by atoms with van der Waals surface area (Å²) in [5.41, 5.74) is 3.70. The molecular formula is C26H27F2N7O3. The zero-order valence-electron chi connectivity index (χ0n) is 21.7. The second-order valence-corrected chi connectivity index (χ2v) is 9.04. The van der Waals surface area contributed by atoms with Gasteiger partial charge in [-0.05, 0) is 19.1 Å². The van der Waals surface area contributed by atoms with Crippen molar-refractivity contribution < 1.29 is 23.0 Å². The molecule has 0 unspecified atom stereocenters. The van der Waals surface area contributed by atoms with Gasteiger partial charge in [-0.1, -0.05) is 0 Å². The molecule has 0 fully saturated rings. The van der Waals surface area contributed by atoms with E-state index in [2.05, 4.69) is 15.1 Å². The summed E-state index contributed by atoms with van der Waals surface area (Å²) in [4.78, 5) is 27.3. The molecule has 12 heteroatoms. The number of nitrogens with zero attached hydrogens (tertiary/aromatic N) is 7. The lowest BCUT2D eigenvalue weighted by atomic mass is 10.1. The van der Waals surface area contributed by atoms with Crippen molar-refractivity contribution in [1.82, 2.24) is 19.7 Å². The first-order valence-electron chi connectivity index (χ1n) is 11.8. The normalized spacial score (nSPS) is 15.1. The van der Waals surface area contributed by atoms with E-state index in [4.69, 9.17) is 9.47 Å². The van der Waals surface area contributed by atoms with Crippen molar-refractivity contribution in [3.8, 4) is 22.8 Å². The molecule has 0 spiro atoms. The number of aliphatic imine (C=N–C) groups is 1. The number of ether oxygens (including phenoxy) is 2. The number of aryl methyl sites for hydroxylation is 2. The van der Waals surface area contributed by atoms with Crippen LogP contribution in [0.2, 0.25) is 0 Å². The molecule has 2 aromatic heterocycles. The van der Waals surface area contributed by atoms with Crippen molar-refractivity contribution in [2.75, 3.05) is 44.3 Å². The first kappa shape index (κ1) is 25.2. The maximum absolute atomic E-state index is 15.5. The Balaban J connectivity index is 1.66. The van der Waals surface area contributed by atoms with Crippen LogP contribution in [-0.4, -0.2) is 66.4 Å². The van der Waals surface area contributed by atoms with Gasteiger partial charge in [0.05, 0.1) is 44.4 Å². The number of hydrogen-bond donors (Lipinski definition) is 0. The Bertz CT molecular complexity index is 1460. The summed E-state index contributed by atoms with van der Waals surface area (Å²) in [6.07, 6.45) is 6.95. The van der Waals surface area contributed by atoms with E-state index in [0.29, 0.717) is 23.6 Å². The van der Waals surface area contributed by atoms with Crippen LogP contribution >= 0.6 is 0 Å². The highest BCUT2D eigenvalue weighted by molar-refractivity contribution is 6.07. The molecule has 2 aliphatic heterocycles. The second-order valence-electron chi connectivity index (χ2n) is 9.04. The van der Waals surface area contributed by atoms with Gasteiger partial charge in [-0.2, -0.15) is 5.10 Å². The summed E-state index contributed by atoms with van der Waals surface area (Å²) in [6.45, 7) is 2.34. The summed E-state index contributed by atoms with van der Waals surface area (Å²) >= 11 is 0. The van der Waals surface area contributed by atoms with Gasteiger partial charge in [0.25, 0.3) is 0 Å². The van der Waals surface area contributed by atoms with Gasteiger partial charge < -0.3 is 14.4 Å². The van der Waals surface area contributed by atoms with Crippen LogP contribution in [-0.2, 0) is 13.6 Å². The van der Waals surface area contributed by atoms with Crippen LogP contribution < -0.4 is 19.3 Å². The molecule has 198 valence electrons. The largest absolute Gasteiger partial charge is 0.493 e. The zero-order chi connectivity index (χ0) is 27.1. The van der Waals surface area contributed by atoms with E-state index in [-0.39, 0.29) is 24.6 Å². The number of hydrogen-bond acceptors (Lipinski definition) is 7. The molecular weight excluding hydrogens is 496 g/mol. The smallest absolute Gasteiger partial charge is 0.329 e. The number of carbonyl (C=O) groups is 1. The molecule has 1 aromatic carbocycles. The number of likely N-dealkylation sites (N-methyl/N-ethyl adjacent to an activating group) is 1. The van der Waals surface area contributed by atoms with Crippen molar-refractivity contribution in [2.45, 2.75) is 13.5 Å². The highest BCUT2D eigenvalue weighted by Crippen LogP contribution is 2.41. The van der Waals surface area contributed by atoms with Crippen molar-refractivity contribution in [3.05, 3.63) is 59.2 Å². The Morgan fingerprint density at radius 2 is 1.79 bits per heavy atom. The van der Waals surface area contributed by atoms with E-state index < -0.39 is 23.4 Å². The SMILES string of the molecule is COc1cc(OC)c(F)c(N2Cc3cnc(-c4cn(C)nc4C)cc3N(CC3=CC=NCN3C)C2=O)c1F. The quantitative estimate of drug-likeness (QED) is 0.487. The van der Waals surface area contributed by atoms with Crippen molar-refractivity contribution in [2.24, 2.45) is 12.0 Å². The maximum Gasteiger partial charge on any atom is 0.329 e. The minimum atomic E-state index is -1.00. The number of aromatic nitrogens is 3. The van der Waals surface area contributed by atoms with Crippen molar-refractivity contribution in [1.29, 1.82) is 0 Å². The lowest BCUT2D eigenvalue weighted by molar-refractivity contribution is 0.249. The Morgan fingerprint density at radius 1 is 1.08 bits per heavy atom. The van der Waals surface area contributed by atoms with Crippen LogP contribution in [0.25, 0.3) is 11.3 Å². The average Bonchev–Trinajstić information content (AvgIpc) is 3.25. The molecule has 0 radical (unpaired) electrons. The Morgan fingerprint density at radius 3 is 2.39 bits per heavy atom. The van der Waals surface area contributed by atoms with Gasteiger partial charge in [-0.3, -0.25) is 24.5 Å². The highest BCUT2D eigenvalue weighted by Gasteiger charge is 2.37. The summed E-state index contributed by atoms with van der Waals surface area (Å²) in [5.74, 6) is -2.48. The highest BCUT2D eigenvalue weighted by atomic mass is 19.1. The average molecular weight is 524 g/mol. The Hall–Kier alpha value is -4.48. The number of carbonyl (C=O) groups excluding carboxylic acids is 1. The van der Waals surface area contributed by atoms with Crippen LogP contribution in [0, 0.1) is 18.6 Å². The zero-order valence-corrected chi connectivity index (χ0v) is 21.7. The molecule has 2 amide bonds. The summed E-state index contributed by atoms with van der Waals surface area (Å²) in [5, 5.41) is 4.39. The fraction of sp³-hybridized carbons (Fsp3) is 0.308. The van der Waals surface area contributed by atoms with Crippen LogP contribution in [0.15, 0.2) is 41.3 Å². The van der Waals surface area contributed by atoms with E-state index in [9.17, 15) is 4.79 Å². The van der Waals surface area contributed by atoms with E-state index in [0.717, 1.165) is 27.9 Å². The van der Waals surface area contributed by atoms with E-state index in [1.54, 1.807) is 23.2 Å². The molecule has 0 bridgehead atoms. The van der Waals surface area contributed by atoms with Gasteiger partial charge in [0, 0.05) is 55.6 Å². The number of halogens is 2. The van der Waals surface area contributed by atoms with E-state index >= 15 is 8.78 Å². The lowest BCUT2D eigenvalue weighted by Gasteiger charge is -2.39. The molecule has 4 heterocycles. The first-order valence-corrected chi connectivity index (χ1v) is 11.8. The number of fused-ring (bicyclic) bond motifs is 1. The molecule has 38 heavy (non-hydrogen) atoms. The van der Waals surface area contributed by atoms with Crippen LogP contribution in [0.4, 0.5) is 25.0 Å². The van der Waals surface area contributed by atoms with Gasteiger partial charge >= 0.3 is 6.03 Å². The van der Waals surface area contributed by atoms with Gasteiger partial charge in [-0.15, -0.1) is 0 Å². The van der Waals surface area contributed by atoms with E-state index in [1.165, 1.54) is 19.1 Å².